The zero-order chi connectivity index (χ0) is 21.0. The summed E-state index contributed by atoms with van der Waals surface area (Å²) in [5.74, 6) is -2.76. The molecule has 2 amide bonds. The quantitative estimate of drug-likeness (QED) is 0.745. The topological polar surface area (TPSA) is 84.7 Å². The number of carbonyl (C=O) groups is 2. The van der Waals surface area contributed by atoms with Crippen LogP contribution in [-0.4, -0.2) is 35.4 Å². The number of carbonyl (C=O) groups excluding carboxylic acids is 2. The molecular formula is C21H23F2N3O3. The molecule has 29 heavy (non-hydrogen) atoms. The van der Waals surface area contributed by atoms with Crippen LogP contribution in [0.4, 0.5) is 14.5 Å². The van der Waals surface area contributed by atoms with Gasteiger partial charge in [-0.1, -0.05) is 18.2 Å². The third kappa shape index (κ3) is 5.08. The Morgan fingerprint density at radius 2 is 2.00 bits per heavy atom. The van der Waals surface area contributed by atoms with Gasteiger partial charge in [0.1, 0.15) is 5.75 Å². The molecule has 6 nitrogen and oxygen atoms in total. The van der Waals surface area contributed by atoms with Crippen LogP contribution in [0.5, 0.6) is 5.75 Å². The van der Waals surface area contributed by atoms with Gasteiger partial charge in [0.25, 0.3) is 5.91 Å². The lowest BCUT2D eigenvalue weighted by Crippen LogP contribution is -2.40. The molecule has 8 heteroatoms. The molecule has 1 aliphatic heterocycles. The maximum Gasteiger partial charge on any atom is 0.265 e. The number of primary amides is 1. The van der Waals surface area contributed by atoms with Crippen LogP contribution in [0.1, 0.15) is 25.3 Å². The van der Waals surface area contributed by atoms with Crippen LogP contribution in [-0.2, 0) is 16.1 Å². The summed E-state index contributed by atoms with van der Waals surface area (Å²) in [5, 5.41) is 2.80. The third-order valence-corrected chi connectivity index (χ3v) is 4.91. The summed E-state index contributed by atoms with van der Waals surface area (Å²) in [7, 11) is 0. The fourth-order valence-corrected chi connectivity index (χ4v) is 3.38. The lowest BCUT2D eigenvalue weighted by Gasteiger charge is -2.23. The molecule has 2 aromatic rings. The van der Waals surface area contributed by atoms with Crippen molar-refractivity contribution < 1.29 is 23.1 Å². The first kappa shape index (κ1) is 20.7. The number of rotatable bonds is 7. The van der Waals surface area contributed by atoms with E-state index in [1.807, 2.05) is 17.0 Å². The first-order valence-corrected chi connectivity index (χ1v) is 9.39. The lowest BCUT2D eigenvalue weighted by atomic mass is 10.1. The van der Waals surface area contributed by atoms with Crippen LogP contribution in [0.15, 0.2) is 42.5 Å². The predicted molar refractivity (Wildman–Crippen MR) is 104 cm³/mol. The summed E-state index contributed by atoms with van der Waals surface area (Å²) < 4.78 is 31.8. The molecule has 0 aliphatic carbocycles. The number of hydrogen-bond acceptors (Lipinski definition) is 4. The number of para-hydroxylation sites is 1. The summed E-state index contributed by atoms with van der Waals surface area (Å²) in [6, 6.07) is 10.0. The maximum atomic E-state index is 13.3. The van der Waals surface area contributed by atoms with Gasteiger partial charge < -0.3 is 15.8 Å². The fourth-order valence-electron chi connectivity index (χ4n) is 3.38. The van der Waals surface area contributed by atoms with E-state index >= 15 is 0 Å². The minimum absolute atomic E-state index is 0.0567. The van der Waals surface area contributed by atoms with Gasteiger partial charge in [-0.05, 0) is 50.1 Å². The molecule has 0 spiro atoms. The SMILES string of the molecule is CC(Oc1ccc(F)c(F)c1)C(=O)Nc1ccccc1CN1CCCC1C(N)=O. The molecule has 1 heterocycles. The smallest absolute Gasteiger partial charge is 0.265 e. The van der Waals surface area contributed by atoms with Crippen LogP contribution in [0.2, 0.25) is 0 Å². The molecule has 0 radical (unpaired) electrons. The summed E-state index contributed by atoms with van der Waals surface area (Å²) in [5.41, 5.74) is 6.91. The van der Waals surface area contributed by atoms with Crippen molar-refractivity contribution in [1.29, 1.82) is 0 Å². The van der Waals surface area contributed by atoms with E-state index in [1.165, 1.54) is 13.0 Å². The first-order chi connectivity index (χ1) is 13.8. The predicted octanol–water partition coefficient (Wildman–Crippen LogP) is 2.82. The van der Waals surface area contributed by atoms with Gasteiger partial charge in [0.05, 0.1) is 6.04 Å². The van der Waals surface area contributed by atoms with Gasteiger partial charge in [-0.25, -0.2) is 8.78 Å². The second kappa shape index (κ2) is 9.00. The van der Waals surface area contributed by atoms with Crippen LogP contribution in [0.25, 0.3) is 0 Å². The Kier molecular flexibility index (Phi) is 6.43. The van der Waals surface area contributed by atoms with E-state index in [0.717, 1.165) is 37.1 Å². The zero-order valence-corrected chi connectivity index (χ0v) is 16.0. The van der Waals surface area contributed by atoms with Crippen molar-refractivity contribution in [2.24, 2.45) is 5.73 Å². The largest absolute Gasteiger partial charge is 0.481 e. The van der Waals surface area contributed by atoms with Gasteiger partial charge >= 0.3 is 0 Å². The second-order valence-corrected chi connectivity index (χ2v) is 7.01. The van der Waals surface area contributed by atoms with Crippen molar-refractivity contribution in [3.05, 3.63) is 59.7 Å². The van der Waals surface area contributed by atoms with Crippen LogP contribution in [0, 0.1) is 11.6 Å². The van der Waals surface area contributed by atoms with E-state index in [0.29, 0.717) is 12.2 Å². The lowest BCUT2D eigenvalue weighted by molar-refractivity contribution is -0.123. The Hall–Kier alpha value is -3.00. The van der Waals surface area contributed by atoms with Gasteiger partial charge in [0, 0.05) is 18.3 Å². The number of nitrogens with zero attached hydrogens (tertiary/aromatic N) is 1. The monoisotopic (exact) mass is 403 g/mol. The third-order valence-electron chi connectivity index (χ3n) is 4.91. The van der Waals surface area contributed by atoms with Gasteiger partial charge in [0.2, 0.25) is 5.91 Å². The van der Waals surface area contributed by atoms with Gasteiger partial charge in [0.15, 0.2) is 17.7 Å². The molecule has 0 aromatic heterocycles. The number of nitrogens with one attached hydrogen (secondary N) is 1. The molecular weight excluding hydrogens is 380 g/mol. The van der Waals surface area contributed by atoms with Crippen molar-refractivity contribution in [2.45, 2.75) is 38.5 Å². The van der Waals surface area contributed by atoms with Gasteiger partial charge in [-0.3, -0.25) is 14.5 Å². The Balaban J connectivity index is 1.67. The molecule has 1 fully saturated rings. The normalized spacial score (nSPS) is 17.7. The van der Waals surface area contributed by atoms with Crippen molar-refractivity contribution >= 4 is 17.5 Å². The van der Waals surface area contributed by atoms with Gasteiger partial charge in [-0.2, -0.15) is 0 Å². The van der Waals surface area contributed by atoms with Crippen LogP contribution < -0.4 is 15.8 Å². The van der Waals surface area contributed by atoms with E-state index < -0.39 is 23.6 Å². The molecule has 2 atom stereocenters. The number of amides is 2. The van der Waals surface area contributed by atoms with E-state index in [9.17, 15) is 18.4 Å². The average Bonchev–Trinajstić information content (AvgIpc) is 3.14. The summed E-state index contributed by atoms with van der Waals surface area (Å²) in [6.45, 7) is 2.75. The summed E-state index contributed by atoms with van der Waals surface area (Å²) in [4.78, 5) is 26.2. The van der Waals surface area contributed by atoms with Crippen molar-refractivity contribution in [3.63, 3.8) is 0 Å². The number of nitrogens with two attached hydrogens (primary N) is 1. The number of halogens is 2. The van der Waals surface area contributed by atoms with E-state index in [2.05, 4.69) is 5.32 Å². The molecule has 2 unspecified atom stereocenters. The van der Waals surface area contributed by atoms with Crippen molar-refractivity contribution in [3.8, 4) is 5.75 Å². The van der Waals surface area contributed by atoms with Crippen LogP contribution in [0.3, 0.4) is 0 Å². The van der Waals surface area contributed by atoms with Crippen molar-refractivity contribution in [1.82, 2.24) is 4.90 Å². The zero-order valence-electron chi connectivity index (χ0n) is 16.0. The second-order valence-electron chi connectivity index (χ2n) is 7.01. The number of likely N-dealkylation sites (tertiary alicyclic amines) is 1. The van der Waals surface area contributed by atoms with Crippen LogP contribution >= 0.6 is 0 Å². The molecule has 1 saturated heterocycles. The molecule has 3 N–H and O–H groups in total. The Morgan fingerprint density at radius 1 is 1.24 bits per heavy atom. The minimum Gasteiger partial charge on any atom is -0.481 e. The first-order valence-electron chi connectivity index (χ1n) is 9.39. The van der Waals surface area contributed by atoms with Gasteiger partial charge in [-0.15, -0.1) is 0 Å². The summed E-state index contributed by atoms with van der Waals surface area (Å²) >= 11 is 0. The highest BCUT2D eigenvalue weighted by Crippen LogP contribution is 2.24. The number of anilines is 1. The molecule has 154 valence electrons. The highest BCUT2D eigenvalue weighted by atomic mass is 19.2. The van der Waals surface area contributed by atoms with E-state index in [1.54, 1.807) is 12.1 Å². The summed E-state index contributed by atoms with van der Waals surface area (Å²) in [6.07, 6.45) is 0.683. The minimum atomic E-state index is -1.05. The van der Waals surface area contributed by atoms with E-state index in [4.69, 9.17) is 10.5 Å². The Labute approximate surface area is 167 Å². The highest BCUT2D eigenvalue weighted by molar-refractivity contribution is 5.94. The van der Waals surface area contributed by atoms with E-state index in [-0.39, 0.29) is 17.7 Å². The molecule has 0 bridgehead atoms. The number of ether oxygens (including phenoxy) is 1. The average molecular weight is 403 g/mol. The Morgan fingerprint density at radius 3 is 2.72 bits per heavy atom. The number of benzene rings is 2. The Bertz CT molecular complexity index is 906. The molecule has 0 saturated carbocycles. The maximum absolute atomic E-state index is 13.3. The molecule has 2 aromatic carbocycles. The fraction of sp³-hybridized carbons (Fsp3) is 0.333. The highest BCUT2D eigenvalue weighted by Gasteiger charge is 2.29. The molecule has 3 rings (SSSR count). The van der Waals surface area contributed by atoms with Crippen molar-refractivity contribution in [2.75, 3.05) is 11.9 Å². The standard InChI is InChI=1S/C21H23F2N3O3/c1-13(29-15-8-9-16(22)17(23)11-15)21(28)25-18-6-3-2-5-14(18)12-26-10-4-7-19(26)20(24)27/h2-3,5-6,8-9,11,13,19H,4,7,10,12H2,1H3,(H2,24,27)(H,25,28). The number of hydrogen-bond donors (Lipinski definition) is 2. The molecule has 1 aliphatic rings.